The molecule has 0 bridgehead atoms. The molecule has 0 saturated carbocycles. The zero-order valence-electron chi connectivity index (χ0n) is 85.8. The molecule has 5 aliphatic heterocycles. The van der Waals surface area contributed by atoms with Crippen molar-refractivity contribution in [1.82, 2.24) is 63.4 Å². The fourth-order valence-electron chi connectivity index (χ4n) is 15.7. The summed E-state index contributed by atoms with van der Waals surface area (Å²) in [5.74, 6) is -6.96. The highest BCUT2D eigenvalue weighted by atomic mass is 16.7. The van der Waals surface area contributed by atoms with Crippen LogP contribution in [0.4, 0.5) is 0 Å². The molecule has 0 aliphatic carbocycles. The first-order chi connectivity index (χ1) is 71.5. The first kappa shape index (κ1) is 132. The van der Waals surface area contributed by atoms with Gasteiger partial charge in [-0.05, 0) is 39.5 Å². The molecule has 149 heavy (non-hydrogen) atoms. The summed E-state index contributed by atoms with van der Waals surface area (Å²) in [6, 6.07) is -8.46. The van der Waals surface area contributed by atoms with Gasteiger partial charge in [0.05, 0.1) is 209 Å². The summed E-state index contributed by atoms with van der Waals surface area (Å²) in [6.45, 7) is 3.74. The lowest BCUT2D eigenvalue weighted by Gasteiger charge is -2.42. The topological polar surface area (TPSA) is 788 Å². The van der Waals surface area contributed by atoms with Crippen LogP contribution >= 0.6 is 0 Å². The van der Waals surface area contributed by atoms with Crippen LogP contribution < -0.4 is 58.5 Å². The number of carbonyl (C=O) groups is 12. The molecule has 24 atom stereocenters. The predicted molar refractivity (Wildman–Crippen MR) is 510 cm³/mol. The highest BCUT2D eigenvalue weighted by Crippen LogP contribution is 2.28. The van der Waals surface area contributed by atoms with Gasteiger partial charge < -0.3 is 225 Å². The van der Waals surface area contributed by atoms with Crippen molar-refractivity contribution in [2.45, 2.75) is 278 Å². The molecular formula is C92H164N12O45. The van der Waals surface area contributed by atoms with Crippen LogP contribution in [0.25, 0.3) is 0 Å². The van der Waals surface area contributed by atoms with Crippen molar-refractivity contribution in [3.05, 3.63) is 0 Å². The van der Waals surface area contributed by atoms with Gasteiger partial charge in [0.15, 0.2) is 25.2 Å². The van der Waals surface area contributed by atoms with E-state index in [4.69, 9.17) is 94.7 Å². The van der Waals surface area contributed by atoms with Gasteiger partial charge in [-0.1, -0.05) is 25.7 Å². The molecule has 57 heteroatoms. The van der Waals surface area contributed by atoms with Gasteiger partial charge >= 0.3 is 0 Å². The van der Waals surface area contributed by atoms with E-state index < -0.39 is 265 Å². The van der Waals surface area contributed by atoms with Crippen LogP contribution in [0.15, 0.2) is 0 Å². The molecular weight excluding hydrogens is 1990 g/mol. The van der Waals surface area contributed by atoms with Crippen molar-refractivity contribution in [2.75, 3.05) is 237 Å². The number of morpholine rings is 1. The maximum absolute atomic E-state index is 13.9. The van der Waals surface area contributed by atoms with E-state index in [1.165, 1.54) is 27.7 Å². The molecule has 5 heterocycles. The number of hydrogen-bond acceptors (Lipinski definition) is 45. The Morgan fingerprint density at radius 2 is 0.611 bits per heavy atom. The van der Waals surface area contributed by atoms with Gasteiger partial charge in [0.25, 0.3) is 0 Å². The number of ether oxygens (including phenoxy) is 20. The number of amides is 12. The van der Waals surface area contributed by atoms with Crippen molar-refractivity contribution >= 4 is 70.9 Å². The average molecular weight is 2160 g/mol. The zero-order valence-corrected chi connectivity index (χ0v) is 85.8. The molecule has 0 aromatic rings. The monoisotopic (exact) mass is 2160 g/mol. The second kappa shape index (κ2) is 76.8. The van der Waals surface area contributed by atoms with E-state index in [0.29, 0.717) is 32.2 Å². The van der Waals surface area contributed by atoms with E-state index in [1.807, 2.05) is 13.8 Å². The van der Waals surface area contributed by atoms with Crippen LogP contribution in [-0.2, 0) is 152 Å². The van der Waals surface area contributed by atoms with Gasteiger partial charge in [-0.25, -0.2) is 0 Å². The van der Waals surface area contributed by atoms with Gasteiger partial charge in [-0.15, -0.1) is 0 Å². The zero-order chi connectivity index (χ0) is 109. The third kappa shape index (κ3) is 53.4. The minimum atomic E-state index is -1.53. The number of unbranched alkanes of at least 4 members (excludes halogenated alkanes) is 5. The molecule has 5 aliphatic rings. The number of nitrogens with zero attached hydrogens (tertiary/aromatic N) is 1. The van der Waals surface area contributed by atoms with E-state index in [9.17, 15) is 124 Å². The Hall–Kier alpha value is -7.68. The molecule has 0 radical (unpaired) electrons. The van der Waals surface area contributed by atoms with Crippen molar-refractivity contribution in [2.24, 2.45) is 0 Å². The molecule has 24 N–H and O–H groups in total. The van der Waals surface area contributed by atoms with Crippen LogP contribution in [0, 0.1) is 0 Å². The van der Waals surface area contributed by atoms with Crippen molar-refractivity contribution < 1.29 is 219 Å². The Balaban J connectivity index is 1.21. The summed E-state index contributed by atoms with van der Waals surface area (Å²) in [6.07, 6.45) is -19.9. The lowest BCUT2D eigenvalue weighted by Crippen LogP contribution is -2.64. The van der Waals surface area contributed by atoms with Crippen molar-refractivity contribution in [1.29, 1.82) is 0 Å². The minimum absolute atomic E-state index is 0.00229. The third-order valence-corrected chi connectivity index (χ3v) is 23.3. The first-order valence-electron chi connectivity index (χ1n) is 50.5. The second-order valence-corrected chi connectivity index (χ2v) is 35.9. The summed E-state index contributed by atoms with van der Waals surface area (Å²) in [5, 5.41) is 160. The van der Waals surface area contributed by atoms with E-state index in [1.54, 1.807) is 4.90 Å². The van der Waals surface area contributed by atoms with Gasteiger partial charge in [-0.3, -0.25) is 57.5 Å². The lowest BCUT2D eigenvalue weighted by molar-refractivity contribution is -0.272. The van der Waals surface area contributed by atoms with E-state index in [2.05, 4.69) is 58.5 Å². The van der Waals surface area contributed by atoms with Crippen LogP contribution in [0.1, 0.15) is 119 Å². The van der Waals surface area contributed by atoms with E-state index in [0.717, 1.165) is 12.8 Å². The Morgan fingerprint density at radius 3 is 0.919 bits per heavy atom. The number of aliphatic hydroxyl groups is 13. The Bertz CT molecular complexity index is 3590. The average Bonchev–Trinajstić information content (AvgIpc) is 0.816. The summed E-state index contributed by atoms with van der Waals surface area (Å²) in [5.41, 5.74) is 0. The first-order valence-corrected chi connectivity index (χ1v) is 50.5. The maximum Gasteiger partial charge on any atom is 0.246 e. The molecule has 20 unspecified atom stereocenters. The number of aliphatic hydroxyl groups excluding tert-OH is 13. The number of carbonyl (C=O) groups excluding carboxylic acids is 12. The Morgan fingerprint density at radius 1 is 0.315 bits per heavy atom. The minimum Gasteiger partial charge on any atom is -0.394 e. The quantitative estimate of drug-likeness (QED) is 0.0251. The lowest BCUT2D eigenvalue weighted by atomic mass is 9.97. The molecule has 0 aromatic heterocycles. The van der Waals surface area contributed by atoms with Gasteiger partial charge in [0.1, 0.15) is 123 Å². The van der Waals surface area contributed by atoms with Gasteiger partial charge in [0.2, 0.25) is 70.9 Å². The molecule has 5 rings (SSSR count). The van der Waals surface area contributed by atoms with Crippen LogP contribution in [0.5, 0.6) is 0 Å². The number of rotatable bonds is 80. The maximum atomic E-state index is 13.9. The van der Waals surface area contributed by atoms with Gasteiger partial charge in [-0.2, -0.15) is 0 Å². The summed E-state index contributed by atoms with van der Waals surface area (Å²) < 4.78 is 113. The number of nitrogens with one attached hydrogen (secondary N) is 11. The van der Waals surface area contributed by atoms with E-state index in [-0.39, 0.29) is 235 Å². The SMILES string of the molecule is CC(=O)NC1C(OCCOCCOCCNC(=O)CC[C@@H](NC(=O)COCC(COCC(=O)N[C@H](CCC(=O)NCCOCCOCCOC2OC(CO)C(O)C(O)C2NC(C)=O)C(=O)NCCOCCOCCOC2OC(CO)C(O)C(O)C2NC(C)=O)NC(=O)CCCCCCCCC(=O)N2C[C@@H](CO)O[C@H](COC(C)C)C2)C(=O)NCCOCCOCCOC2OC(CO)C(O)C(O)C2NC(C)=O)OC(CO)C(O)C1O. The highest BCUT2D eigenvalue weighted by molar-refractivity contribution is 5.90. The molecule has 57 nitrogen and oxygen atoms in total. The van der Waals surface area contributed by atoms with Gasteiger partial charge in [0, 0.05) is 92.6 Å². The van der Waals surface area contributed by atoms with E-state index >= 15 is 0 Å². The third-order valence-electron chi connectivity index (χ3n) is 23.3. The molecule has 5 saturated heterocycles. The van der Waals surface area contributed by atoms with Crippen LogP contribution in [0.3, 0.4) is 0 Å². The smallest absolute Gasteiger partial charge is 0.246 e. The molecule has 0 spiro atoms. The fraction of sp³-hybridized carbons (Fsp3) is 0.870. The highest BCUT2D eigenvalue weighted by Gasteiger charge is 2.50. The molecule has 862 valence electrons. The Labute approximate surface area is 864 Å². The van der Waals surface area contributed by atoms with Crippen LogP contribution in [-0.4, -0.2) is 539 Å². The second-order valence-electron chi connectivity index (χ2n) is 35.9. The largest absolute Gasteiger partial charge is 0.394 e. The summed E-state index contributed by atoms with van der Waals surface area (Å²) in [4.78, 5) is 158. The molecule has 12 amide bonds. The summed E-state index contributed by atoms with van der Waals surface area (Å²) >= 11 is 0. The van der Waals surface area contributed by atoms with Crippen molar-refractivity contribution in [3.63, 3.8) is 0 Å². The predicted octanol–water partition coefficient (Wildman–Crippen LogP) is -12.4. The molecule has 0 aromatic carbocycles. The van der Waals surface area contributed by atoms with Crippen molar-refractivity contribution in [3.8, 4) is 0 Å². The standard InChI is InChI=1S/C92H164N12O45/c1-55(2)144-52-62-44-104(43-61(45-105)145-62)74(119)14-12-10-8-7-9-11-13-71(116)101-60(50-138-53-72(117)102-63(87(128)95-21-25-132-29-33-136-37-41-142-91-77(99-58(5)112)85(126)81(122)67(48-108)148-91)15-17-69(114)93-19-23-130-27-31-134-35-39-140-89-75(97-56(3)110)83(124)79(120)65(46-106)146-89)51-139-54-73(118)103-64(88(129)96-22-26-133-30-34-137-38-42-143-92-78(100-59(6)113)86(127)82(123)68(49-109)149-92)16-18-70(115)94-20-24-131-28-32-135-36-40-141-90-76(98-57(4)111)84(125)80(121)66(47-107)147-90/h55,60-68,75-86,89-92,105-109,120-127H,7-54H2,1-6H3,(H,93,114)(H,94,115)(H,95,128)(H,96,129)(H,97,110)(H,98,111)(H,99,112)(H,100,113)(H,101,116)(H,102,117)(H,103,118)/t60?,61-,62-,63+,64+,65?,66?,67?,68?,75?,76?,77?,78?,79?,80?,81?,82?,83?,84?,85?,86?,89?,90?,91?,92?/m0/s1. The normalized spacial score (nSPS) is 26.1. The number of hydrogen-bond donors (Lipinski definition) is 24. The Kier molecular flexibility index (Phi) is 67.9. The fourth-order valence-corrected chi connectivity index (χ4v) is 15.7. The molecule has 5 fully saturated rings. The summed E-state index contributed by atoms with van der Waals surface area (Å²) in [7, 11) is 0. The van der Waals surface area contributed by atoms with Crippen LogP contribution in [0.2, 0.25) is 0 Å².